The molecule has 0 aromatic heterocycles. The number of aliphatic hydroxyl groups excluding tert-OH is 1. The summed E-state index contributed by atoms with van der Waals surface area (Å²) >= 11 is 0. The molecule has 1 N–H and O–H groups in total. The molecule has 2 aliphatic rings. The maximum Gasteiger partial charge on any atom is 0.413 e. The Kier molecular flexibility index (Phi) is 16.2. The van der Waals surface area contributed by atoms with Crippen LogP contribution in [0.25, 0.3) is 0 Å². The first-order valence-corrected chi connectivity index (χ1v) is 17.8. The van der Waals surface area contributed by atoms with Gasteiger partial charge in [-0.05, 0) is 42.2 Å². The maximum atomic E-state index is 13.5. The van der Waals surface area contributed by atoms with Crippen molar-refractivity contribution in [2.75, 3.05) is 78.3 Å². The quantitative estimate of drug-likeness (QED) is 0.125. The average molecular weight is 717 g/mol. The van der Waals surface area contributed by atoms with Gasteiger partial charge >= 0.3 is 12.1 Å². The maximum absolute atomic E-state index is 13.5. The number of ether oxygens (including phenoxy) is 8. The van der Waals surface area contributed by atoms with Gasteiger partial charge in [0.25, 0.3) is 0 Å². The van der Waals surface area contributed by atoms with Crippen LogP contribution in [-0.4, -0.2) is 120 Å². The highest BCUT2D eigenvalue weighted by atomic mass is 16.7. The van der Waals surface area contributed by atoms with Crippen LogP contribution < -0.4 is 9.64 Å². The molecule has 2 aliphatic heterocycles. The summed E-state index contributed by atoms with van der Waals surface area (Å²) in [4.78, 5) is 29.5. The third kappa shape index (κ3) is 12.3. The fraction of sp³-hybridized carbons (Fsp3) is 0.632. The Balaban J connectivity index is 1.58. The van der Waals surface area contributed by atoms with Crippen LogP contribution in [0.4, 0.5) is 10.5 Å². The normalized spacial score (nSPS) is 20.0. The fourth-order valence-corrected chi connectivity index (χ4v) is 6.08. The molecule has 4 rings (SSSR count). The van der Waals surface area contributed by atoms with Crippen molar-refractivity contribution in [3.63, 3.8) is 0 Å². The van der Waals surface area contributed by atoms with Crippen molar-refractivity contribution >= 4 is 17.7 Å². The van der Waals surface area contributed by atoms with Crippen molar-refractivity contribution in [3.8, 4) is 5.75 Å². The molecule has 0 spiro atoms. The van der Waals surface area contributed by atoms with Crippen LogP contribution in [0.5, 0.6) is 5.75 Å². The number of benzene rings is 2. The van der Waals surface area contributed by atoms with Crippen molar-refractivity contribution in [1.29, 1.82) is 0 Å². The van der Waals surface area contributed by atoms with E-state index in [4.69, 9.17) is 37.9 Å². The van der Waals surface area contributed by atoms with Crippen LogP contribution in [0.1, 0.15) is 56.7 Å². The summed E-state index contributed by atoms with van der Waals surface area (Å²) in [7, 11) is 3.34. The van der Waals surface area contributed by atoms with Gasteiger partial charge in [0.2, 0.25) is 6.29 Å². The minimum Gasteiger partial charge on any atom is -0.490 e. The van der Waals surface area contributed by atoms with Crippen molar-refractivity contribution in [2.45, 2.75) is 77.8 Å². The number of anilines is 1. The molecule has 2 heterocycles. The van der Waals surface area contributed by atoms with Gasteiger partial charge in [0, 0.05) is 40.2 Å². The van der Waals surface area contributed by atoms with E-state index in [0.29, 0.717) is 33.0 Å². The second kappa shape index (κ2) is 20.5. The van der Waals surface area contributed by atoms with Gasteiger partial charge in [-0.2, -0.15) is 0 Å². The first kappa shape index (κ1) is 40.3. The number of piperidine rings is 1. The fourth-order valence-electron chi connectivity index (χ4n) is 6.08. The molecule has 2 aromatic carbocycles. The lowest BCUT2D eigenvalue weighted by Crippen LogP contribution is -2.55. The summed E-state index contributed by atoms with van der Waals surface area (Å²) in [5, 5.41) is 10.2. The smallest absolute Gasteiger partial charge is 0.413 e. The third-order valence-corrected chi connectivity index (χ3v) is 8.72. The molecule has 51 heavy (non-hydrogen) atoms. The molecule has 1 saturated heterocycles. The van der Waals surface area contributed by atoms with Crippen LogP contribution in [0.15, 0.2) is 42.5 Å². The number of likely N-dealkylation sites (tertiary alicyclic amines) is 1. The average Bonchev–Trinajstić information content (AvgIpc) is 3.11. The van der Waals surface area contributed by atoms with Gasteiger partial charge < -0.3 is 52.8 Å². The Hall–Kier alpha value is -3.46. The topological polar surface area (TPSA) is 135 Å². The number of hydrogen-bond donors (Lipinski definition) is 1. The van der Waals surface area contributed by atoms with Gasteiger partial charge in [-0.15, -0.1) is 0 Å². The van der Waals surface area contributed by atoms with E-state index < -0.39 is 36.7 Å². The lowest BCUT2D eigenvalue weighted by atomic mass is 9.84. The van der Waals surface area contributed by atoms with Gasteiger partial charge in [-0.1, -0.05) is 44.2 Å². The number of carbonyl (C=O) groups is 2. The zero-order valence-electron chi connectivity index (χ0n) is 30.9. The minimum absolute atomic E-state index is 0.0638. The number of hydrogen-bond acceptors (Lipinski definition) is 12. The van der Waals surface area contributed by atoms with E-state index in [1.165, 1.54) is 11.8 Å². The van der Waals surface area contributed by atoms with E-state index in [1.807, 2.05) is 36.4 Å². The van der Waals surface area contributed by atoms with E-state index in [0.717, 1.165) is 47.6 Å². The Morgan fingerprint density at radius 3 is 2.27 bits per heavy atom. The highest BCUT2D eigenvalue weighted by molar-refractivity contribution is 5.72. The van der Waals surface area contributed by atoms with Crippen LogP contribution in [0.2, 0.25) is 0 Å². The molecular weight excluding hydrogens is 660 g/mol. The number of fused-ring (bicyclic) bond motifs is 1. The summed E-state index contributed by atoms with van der Waals surface area (Å²) in [6.07, 6.45) is -2.63. The third-order valence-electron chi connectivity index (χ3n) is 8.72. The Bertz CT molecular complexity index is 1360. The predicted molar refractivity (Wildman–Crippen MR) is 190 cm³/mol. The number of methoxy groups -OCH3 is 2. The van der Waals surface area contributed by atoms with Crippen LogP contribution in [0.3, 0.4) is 0 Å². The first-order chi connectivity index (χ1) is 24.6. The lowest BCUT2D eigenvalue weighted by molar-refractivity contribution is -0.171. The van der Waals surface area contributed by atoms with E-state index in [9.17, 15) is 14.7 Å². The van der Waals surface area contributed by atoms with Gasteiger partial charge in [0.1, 0.15) is 12.4 Å². The van der Waals surface area contributed by atoms with E-state index in [-0.39, 0.29) is 38.1 Å². The number of rotatable bonds is 19. The molecule has 13 heteroatoms. The summed E-state index contributed by atoms with van der Waals surface area (Å²) in [6, 6.07) is 14.1. The first-order valence-electron chi connectivity index (χ1n) is 17.8. The van der Waals surface area contributed by atoms with E-state index in [2.05, 4.69) is 11.0 Å². The molecule has 0 saturated carbocycles. The second-order valence-corrected chi connectivity index (χ2v) is 13.3. The van der Waals surface area contributed by atoms with E-state index in [1.54, 1.807) is 35.0 Å². The van der Waals surface area contributed by atoms with Crippen molar-refractivity contribution in [2.24, 2.45) is 5.92 Å². The van der Waals surface area contributed by atoms with Gasteiger partial charge in [-0.3, -0.25) is 4.79 Å². The van der Waals surface area contributed by atoms with E-state index >= 15 is 0 Å². The van der Waals surface area contributed by atoms with Crippen LogP contribution in [-0.2, 0) is 51.2 Å². The molecule has 2 unspecified atom stereocenters. The SMILES string of the molecule is COCCCN1CCOc2ccc(CO[C@H]3CN(C(=O)OC(C)OC(=O)C(C)C)C[C@@H](OCC(C)O)[C@@H]3c3ccc(COCCOC)cc3)cc21. The Labute approximate surface area is 302 Å². The highest BCUT2D eigenvalue weighted by Crippen LogP contribution is 2.36. The van der Waals surface area contributed by atoms with Crippen molar-refractivity contribution < 1.29 is 52.6 Å². The molecule has 5 atom stereocenters. The zero-order valence-corrected chi connectivity index (χ0v) is 30.9. The predicted octanol–water partition coefficient (Wildman–Crippen LogP) is 4.52. The van der Waals surface area contributed by atoms with Gasteiger partial charge in [-0.25, -0.2) is 4.79 Å². The summed E-state index contributed by atoms with van der Waals surface area (Å²) < 4.78 is 45.9. The van der Waals surface area contributed by atoms with Crippen LogP contribution in [0, 0.1) is 5.92 Å². The van der Waals surface area contributed by atoms with Crippen molar-refractivity contribution in [1.82, 2.24) is 4.90 Å². The van der Waals surface area contributed by atoms with Gasteiger partial charge in [0.15, 0.2) is 0 Å². The molecular formula is C38H56N2O11. The summed E-state index contributed by atoms with van der Waals surface area (Å²) in [6.45, 7) is 11.7. The molecule has 1 amide bonds. The highest BCUT2D eigenvalue weighted by Gasteiger charge is 2.42. The monoisotopic (exact) mass is 716 g/mol. The molecule has 2 aromatic rings. The van der Waals surface area contributed by atoms with Gasteiger partial charge in [0.05, 0.1) is 82.6 Å². The van der Waals surface area contributed by atoms with Crippen LogP contribution >= 0.6 is 0 Å². The minimum atomic E-state index is -1.08. The number of carbonyl (C=O) groups excluding carboxylic acids is 2. The second-order valence-electron chi connectivity index (χ2n) is 13.3. The zero-order chi connectivity index (χ0) is 36.8. The summed E-state index contributed by atoms with van der Waals surface area (Å²) in [5.74, 6) is -0.293. The Morgan fingerprint density at radius 2 is 1.59 bits per heavy atom. The number of nitrogens with zero attached hydrogens (tertiary/aromatic N) is 2. The molecule has 0 radical (unpaired) electrons. The van der Waals surface area contributed by atoms with Crippen molar-refractivity contribution in [3.05, 3.63) is 59.2 Å². The molecule has 1 fully saturated rings. The largest absolute Gasteiger partial charge is 0.490 e. The Morgan fingerprint density at radius 1 is 0.882 bits per heavy atom. The summed E-state index contributed by atoms with van der Waals surface area (Å²) in [5.41, 5.74) is 3.93. The standard InChI is InChI=1S/C38H56N2O11/c1-26(2)37(42)50-28(4)51-38(43)40-21-34(48-23-27(3)41)36(31-11-8-29(9-12-31)24-46-19-18-45-6)35(22-40)49-25-30-10-13-33-32(20-30)39(15-17-47-33)14-7-16-44-5/h8-13,20,26-28,34-36,41H,7,14-19,21-25H2,1-6H3/t27?,28?,34-,35+,36+/m1/s1. The molecule has 13 nitrogen and oxygen atoms in total. The molecule has 284 valence electrons. The molecule has 0 bridgehead atoms. The molecule has 0 aliphatic carbocycles. The lowest BCUT2D eigenvalue weighted by Gasteiger charge is -2.43. The number of esters is 1. The number of amides is 1. The number of aliphatic hydroxyl groups is 1.